The Morgan fingerprint density at radius 3 is 2.86 bits per heavy atom. The van der Waals surface area contributed by atoms with Crippen molar-refractivity contribution in [2.75, 3.05) is 0 Å². The highest BCUT2D eigenvalue weighted by Gasteiger charge is 2.09. The van der Waals surface area contributed by atoms with Gasteiger partial charge < -0.3 is 5.32 Å². The van der Waals surface area contributed by atoms with Gasteiger partial charge in [0.25, 0.3) is 0 Å². The van der Waals surface area contributed by atoms with Crippen LogP contribution >= 0.6 is 11.3 Å². The zero-order chi connectivity index (χ0) is 15.2. The topological polar surface area (TPSA) is 42.0 Å². The molecule has 0 spiro atoms. The molecule has 1 amide bonds. The molecule has 4 heteroatoms. The van der Waals surface area contributed by atoms with Crippen molar-refractivity contribution in [3.63, 3.8) is 0 Å². The first-order valence-electron chi connectivity index (χ1n) is 7.40. The van der Waals surface area contributed by atoms with E-state index in [1.54, 1.807) is 11.3 Å². The molecule has 0 fully saturated rings. The number of benzene rings is 1. The second kappa shape index (κ2) is 7.36. The Morgan fingerprint density at radius 1 is 1.38 bits per heavy atom. The molecular formula is C17H22N2OS. The van der Waals surface area contributed by atoms with Gasteiger partial charge in [0.1, 0.15) is 5.01 Å². The van der Waals surface area contributed by atoms with Crippen molar-refractivity contribution in [3.8, 4) is 10.6 Å². The maximum Gasteiger partial charge on any atom is 0.220 e. The Kier molecular flexibility index (Phi) is 5.51. The van der Waals surface area contributed by atoms with E-state index < -0.39 is 0 Å². The van der Waals surface area contributed by atoms with Crippen LogP contribution in [-0.2, 0) is 11.2 Å². The van der Waals surface area contributed by atoms with Gasteiger partial charge in [0.05, 0.1) is 5.69 Å². The summed E-state index contributed by atoms with van der Waals surface area (Å²) in [4.78, 5) is 16.4. The summed E-state index contributed by atoms with van der Waals surface area (Å²) in [5.41, 5.74) is 3.41. The minimum absolute atomic E-state index is 0.106. The molecule has 0 aliphatic rings. The lowest BCUT2D eigenvalue weighted by atomic mass is 10.1. The third kappa shape index (κ3) is 4.39. The fraction of sp³-hybridized carbons (Fsp3) is 0.412. The minimum Gasteiger partial charge on any atom is -0.354 e. The largest absolute Gasteiger partial charge is 0.354 e. The summed E-state index contributed by atoms with van der Waals surface area (Å²) in [6, 6.07) is 8.49. The molecule has 2 aromatic rings. The Hall–Kier alpha value is -1.68. The van der Waals surface area contributed by atoms with Crippen molar-refractivity contribution in [2.45, 2.75) is 46.1 Å². The van der Waals surface area contributed by atoms with E-state index in [1.165, 1.54) is 11.1 Å². The quantitative estimate of drug-likeness (QED) is 0.877. The van der Waals surface area contributed by atoms with Crippen LogP contribution in [0.1, 0.15) is 37.9 Å². The average Bonchev–Trinajstić information content (AvgIpc) is 2.94. The predicted molar refractivity (Wildman–Crippen MR) is 88.5 cm³/mol. The molecule has 0 bridgehead atoms. The highest BCUT2D eigenvalue weighted by Crippen LogP contribution is 2.26. The number of carbonyl (C=O) groups is 1. The molecule has 0 aliphatic carbocycles. The molecule has 112 valence electrons. The lowest BCUT2D eigenvalue weighted by molar-refractivity contribution is -0.121. The van der Waals surface area contributed by atoms with Crippen molar-refractivity contribution in [1.82, 2.24) is 10.3 Å². The van der Waals surface area contributed by atoms with Crippen LogP contribution in [0.5, 0.6) is 0 Å². The summed E-state index contributed by atoms with van der Waals surface area (Å²) in [5.74, 6) is 0.106. The van der Waals surface area contributed by atoms with Gasteiger partial charge in [0.2, 0.25) is 5.91 Å². The fourth-order valence-corrected chi connectivity index (χ4v) is 2.99. The summed E-state index contributed by atoms with van der Waals surface area (Å²) >= 11 is 1.64. The van der Waals surface area contributed by atoms with E-state index in [-0.39, 0.29) is 11.9 Å². The number of rotatable bonds is 6. The van der Waals surface area contributed by atoms with Crippen LogP contribution < -0.4 is 5.32 Å². The van der Waals surface area contributed by atoms with Gasteiger partial charge in [-0.25, -0.2) is 4.98 Å². The number of aromatic nitrogens is 1. The summed E-state index contributed by atoms with van der Waals surface area (Å²) in [6.45, 7) is 6.19. The maximum atomic E-state index is 11.8. The second-order valence-corrected chi connectivity index (χ2v) is 6.19. The first-order chi connectivity index (χ1) is 10.1. The molecule has 1 N–H and O–H groups in total. The number of nitrogens with zero attached hydrogens (tertiary/aromatic N) is 1. The molecule has 0 saturated carbocycles. The normalized spacial score (nSPS) is 12.1. The smallest absolute Gasteiger partial charge is 0.220 e. The molecule has 0 saturated heterocycles. The van der Waals surface area contributed by atoms with Gasteiger partial charge >= 0.3 is 0 Å². The number of hydrogen-bond donors (Lipinski definition) is 1. The van der Waals surface area contributed by atoms with Gasteiger partial charge in [-0.3, -0.25) is 4.79 Å². The van der Waals surface area contributed by atoms with E-state index in [2.05, 4.69) is 41.7 Å². The molecule has 1 unspecified atom stereocenters. The van der Waals surface area contributed by atoms with Crippen LogP contribution in [0.25, 0.3) is 10.6 Å². The van der Waals surface area contributed by atoms with Gasteiger partial charge in [-0.15, -0.1) is 11.3 Å². The zero-order valence-corrected chi connectivity index (χ0v) is 13.7. The van der Waals surface area contributed by atoms with Gasteiger partial charge in [0, 0.05) is 23.4 Å². The first-order valence-corrected chi connectivity index (χ1v) is 8.28. The van der Waals surface area contributed by atoms with E-state index in [0.717, 1.165) is 17.1 Å². The van der Waals surface area contributed by atoms with Gasteiger partial charge in [-0.2, -0.15) is 0 Å². The lowest BCUT2D eigenvalue weighted by Gasteiger charge is -2.10. The second-order valence-electron chi connectivity index (χ2n) is 5.34. The molecule has 1 atom stereocenters. The van der Waals surface area contributed by atoms with E-state index >= 15 is 0 Å². The molecular weight excluding hydrogens is 280 g/mol. The first kappa shape index (κ1) is 15.7. The monoisotopic (exact) mass is 302 g/mol. The summed E-state index contributed by atoms with van der Waals surface area (Å²) < 4.78 is 0. The molecule has 0 aliphatic heterocycles. The van der Waals surface area contributed by atoms with E-state index in [1.807, 2.05) is 19.1 Å². The van der Waals surface area contributed by atoms with Crippen molar-refractivity contribution in [3.05, 3.63) is 40.9 Å². The molecule has 1 heterocycles. The fourth-order valence-electron chi connectivity index (χ4n) is 2.05. The van der Waals surface area contributed by atoms with Crippen LogP contribution in [0.15, 0.2) is 29.6 Å². The molecule has 21 heavy (non-hydrogen) atoms. The molecule has 3 nitrogen and oxygen atoms in total. The summed E-state index contributed by atoms with van der Waals surface area (Å²) in [5, 5.41) is 6.07. The number of hydrogen-bond acceptors (Lipinski definition) is 3. The summed E-state index contributed by atoms with van der Waals surface area (Å²) in [6.07, 6.45) is 2.16. The predicted octanol–water partition coefficient (Wildman–Crippen LogP) is 3.97. The average molecular weight is 302 g/mol. The molecule has 2 rings (SSSR count). The number of aryl methyl sites for hydroxylation is 2. The molecule has 0 radical (unpaired) electrons. The van der Waals surface area contributed by atoms with Crippen molar-refractivity contribution >= 4 is 17.2 Å². The van der Waals surface area contributed by atoms with Gasteiger partial charge in [-0.1, -0.05) is 31.2 Å². The van der Waals surface area contributed by atoms with E-state index in [4.69, 9.17) is 0 Å². The van der Waals surface area contributed by atoms with Crippen LogP contribution in [0.4, 0.5) is 0 Å². The highest BCUT2D eigenvalue weighted by molar-refractivity contribution is 7.13. The van der Waals surface area contributed by atoms with Crippen LogP contribution in [0.2, 0.25) is 0 Å². The third-order valence-electron chi connectivity index (χ3n) is 3.56. The minimum atomic E-state index is 0.106. The highest BCUT2D eigenvalue weighted by atomic mass is 32.1. The van der Waals surface area contributed by atoms with Crippen molar-refractivity contribution < 1.29 is 4.79 Å². The number of nitrogens with one attached hydrogen (secondary N) is 1. The Balaban J connectivity index is 1.95. The Morgan fingerprint density at radius 2 is 2.14 bits per heavy atom. The van der Waals surface area contributed by atoms with Gasteiger partial charge in [0.15, 0.2) is 0 Å². The Labute approximate surface area is 130 Å². The number of carbonyl (C=O) groups excluding carboxylic acids is 1. The Bertz CT molecular complexity index is 606. The SMILES string of the molecule is CCC(C)NC(=O)CCc1csc(-c2ccccc2C)n1. The molecule has 1 aromatic carbocycles. The number of thiazole rings is 1. The number of amides is 1. The third-order valence-corrected chi connectivity index (χ3v) is 4.48. The summed E-state index contributed by atoms with van der Waals surface area (Å²) in [7, 11) is 0. The van der Waals surface area contributed by atoms with Crippen LogP contribution in [-0.4, -0.2) is 16.9 Å². The molecule has 1 aromatic heterocycles. The lowest BCUT2D eigenvalue weighted by Crippen LogP contribution is -2.32. The van der Waals surface area contributed by atoms with Crippen LogP contribution in [0.3, 0.4) is 0 Å². The van der Waals surface area contributed by atoms with E-state index in [0.29, 0.717) is 12.8 Å². The zero-order valence-electron chi connectivity index (χ0n) is 12.8. The van der Waals surface area contributed by atoms with E-state index in [9.17, 15) is 4.79 Å². The van der Waals surface area contributed by atoms with Crippen molar-refractivity contribution in [1.29, 1.82) is 0 Å². The van der Waals surface area contributed by atoms with Crippen molar-refractivity contribution in [2.24, 2.45) is 0 Å². The van der Waals surface area contributed by atoms with Crippen LogP contribution in [0, 0.1) is 6.92 Å². The maximum absolute atomic E-state index is 11.8. The van der Waals surface area contributed by atoms with Gasteiger partial charge in [-0.05, 0) is 32.3 Å². The standard InChI is InChI=1S/C17H22N2OS/c1-4-13(3)18-16(20)10-9-14-11-21-17(19-14)15-8-6-5-7-12(15)2/h5-8,11,13H,4,9-10H2,1-3H3,(H,18,20).